The van der Waals surface area contributed by atoms with Gasteiger partial charge in [0, 0.05) is 5.92 Å². The van der Waals surface area contributed by atoms with Crippen molar-refractivity contribution in [2.75, 3.05) is 18.4 Å². The van der Waals surface area contributed by atoms with Gasteiger partial charge in [-0.25, -0.2) is 0 Å². The van der Waals surface area contributed by atoms with Crippen molar-refractivity contribution in [2.45, 2.75) is 6.92 Å². The van der Waals surface area contributed by atoms with E-state index in [0.717, 1.165) is 13.1 Å². The fourth-order valence-electron chi connectivity index (χ4n) is 1.50. The summed E-state index contributed by atoms with van der Waals surface area (Å²) in [7, 11) is 0. The molecular weight excluding hydrogens is 228 g/mol. The molecule has 0 aromatic carbocycles. The smallest absolute Gasteiger partial charge is 0.228 e. The van der Waals surface area contributed by atoms with Crippen LogP contribution in [0.5, 0.6) is 0 Å². The Morgan fingerprint density at radius 2 is 2.31 bits per heavy atom. The molecule has 0 saturated carbocycles. The summed E-state index contributed by atoms with van der Waals surface area (Å²) >= 11 is 5.60. The predicted octanol–water partition coefficient (Wildman–Crippen LogP) is 0.924. The van der Waals surface area contributed by atoms with E-state index in [1.165, 1.54) is 0 Å². The molecule has 86 valence electrons. The molecule has 1 saturated heterocycles. The number of hydrogen-bond acceptors (Lipinski definition) is 4. The fourth-order valence-corrected chi connectivity index (χ4v) is 1.60. The first-order chi connectivity index (χ1) is 7.66. The topological polar surface area (TPSA) is 66.9 Å². The van der Waals surface area contributed by atoms with E-state index in [-0.39, 0.29) is 11.8 Å². The van der Waals surface area contributed by atoms with Crippen LogP contribution in [0.25, 0.3) is 0 Å². The van der Waals surface area contributed by atoms with Crippen LogP contribution in [-0.2, 0) is 4.79 Å². The molecule has 1 aliphatic rings. The zero-order valence-corrected chi connectivity index (χ0v) is 9.66. The highest BCUT2D eigenvalue weighted by Gasteiger charge is 2.28. The monoisotopic (exact) mass is 240 g/mol. The second-order valence-corrected chi connectivity index (χ2v) is 4.32. The quantitative estimate of drug-likeness (QED) is 0.825. The van der Waals surface area contributed by atoms with Gasteiger partial charge in [0.05, 0.1) is 0 Å². The molecule has 0 spiro atoms. The lowest BCUT2D eigenvalue weighted by atomic mass is 9.88. The molecule has 1 atom stereocenters. The Morgan fingerprint density at radius 3 is 2.81 bits per heavy atom. The Bertz CT molecular complexity index is 377. The number of carbonyl (C=O) groups is 1. The van der Waals surface area contributed by atoms with Crippen molar-refractivity contribution in [3.63, 3.8) is 0 Å². The molecule has 1 amide bonds. The number of rotatable bonds is 3. The molecule has 1 aromatic heterocycles. The lowest BCUT2D eigenvalue weighted by Crippen LogP contribution is -2.48. The summed E-state index contributed by atoms with van der Waals surface area (Å²) < 4.78 is 0. The van der Waals surface area contributed by atoms with E-state index in [1.54, 1.807) is 12.1 Å². The SMILES string of the molecule is CC(C(=O)Nc1ccc(Cl)nn1)C1CNC1. The van der Waals surface area contributed by atoms with E-state index >= 15 is 0 Å². The number of amides is 1. The van der Waals surface area contributed by atoms with Crippen LogP contribution in [-0.4, -0.2) is 29.2 Å². The number of nitrogens with one attached hydrogen (secondary N) is 2. The van der Waals surface area contributed by atoms with Crippen LogP contribution in [0.15, 0.2) is 12.1 Å². The fraction of sp³-hybridized carbons (Fsp3) is 0.500. The Hall–Kier alpha value is -1.20. The van der Waals surface area contributed by atoms with Crippen LogP contribution in [0.2, 0.25) is 5.15 Å². The molecule has 6 heteroatoms. The van der Waals surface area contributed by atoms with Gasteiger partial charge in [0.15, 0.2) is 11.0 Å². The van der Waals surface area contributed by atoms with E-state index in [1.807, 2.05) is 6.92 Å². The van der Waals surface area contributed by atoms with E-state index in [4.69, 9.17) is 11.6 Å². The minimum Gasteiger partial charge on any atom is -0.316 e. The highest BCUT2D eigenvalue weighted by molar-refractivity contribution is 6.29. The standard InChI is InChI=1S/C10H13ClN4O/c1-6(7-4-12-5-7)10(16)13-9-3-2-8(11)14-15-9/h2-3,6-7,12H,4-5H2,1H3,(H,13,15,16). The molecule has 0 radical (unpaired) electrons. The summed E-state index contributed by atoms with van der Waals surface area (Å²) in [6, 6.07) is 3.23. The maximum Gasteiger partial charge on any atom is 0.228 e. The van der Waals surface area contributed by atoms with Crippen molar-refractivity contribution in [1.29, 1.82) is 0 Å². The number of nitrogens with zero attached hydrogens (tertiary/aromatic N) is 2. The molecule has 2 heterocycles. The van der Waals surface area contributed by atoms with Crippen LogP contribution in [0, 0.1) is 11.8 Å². The third-order valence-corrected chi connectivity index (χ3v) is 3.02. The summed E-state index contributed by atoms with van der Waals surface area (Å²) in [5.74, 6) is 0.815. The third-order valence-electron chi connectivity index (χ3n) is 2.82. The Labute approximate surface area is 98.6 Å². The van der Waals surface area contributed by atoms with Crippen molar-refractivity contribution < 1.29 is 4.79 Å². The van der Waals surface area contributed by atoms with Crippen LogP contribution in [0.3, 0.4) is 0 Å². The molecule has 0 aliphatic carbocycles. The molecule has 1 aromatic rings. The molecule has 2 rings (SSSR count). The summed E-state index contributed by atoms with van der Waals surface area (Å²) in [5, 5.41) is 13.6. The van der Waals surface area contributed by atoms with Gasteiger partial charge < -0.3 is 10.6 Å². The molecule has 1 unspecified atom stereocenters. The van der Waals surface area contributed by atoms with Crippen LogP contribution in [0.1, 0.15) is 6.92 Å². The maximum atomic E-state index is 11.8. The second kappa shape index (κ2) is 4.76. The van der Waals surface area contributed by atoms with Crippen molar-refractivity contribution in [1.82, 2.24) is 15.5 Å². The van der Waals surface area contributed by atoms with Crippen LogP contribution >= 0.6 is 11.6 Å². The highest BCUT2D eigenvalue weighted by Crippen LogP contribution is 2.17. The first kappa shape index (κ1) is 11.3. The molecule has 0 bridgehead atoms. The molecule has 1 fully saturated rings. The maximum absolute atomic E-state index is 11.8. The average Bonchev–Trinajstić information content (AvgIpc) is 2.19. The van der Waals surface area contributed by atoms with Gasteiger partial charge in [-0.05, 0) is 31.1 Å². The van der Waals surface area contributed by atoms with E-state index in [0.29, 0.717) is 16.9 Å². The van der Waals surface area contributed by atoms with Crippen molar-refractivity contribution >= 4 is 23.3 Å². The van der Waals surface area contributed by atoms with Crippen molar-refractivity contribution in [3.05, 3.63) is 17.3 Å². The predicted molar refractivity (Wildman–Crippen MR) is 61.2 cm³/mol. The normalized spacial score (nSPS) is 17.6. The zero-order valence-electron chi connectivity index (χ0n) is 8.90. The first-order valence-electron chi connectivity index (χ1n) is 5.17. The Morgan fingerprint density at radius 1 is 1.56 bits per heavy atom. The minimum absolute atomic E-state index is 0.0151. The molecule has 1 aliphatic heterocycles. The number of halogens is 1. The van der Waals surface area contributed by atoms with Crippen LogP contribution in [0.4, 0.5) is 5.82 Å². The van der Waals surface area contributed by atoms with Gasteiger partial charge in [0.1, 0.15) is 0 Å². The van der Waals surface area contributed by atoms with Gasteiger partial charge in [-0.3, -0.25) is 4.79 Å². The van der Waals surface area contributed by atoms with Crippen molar-refractivity contribution in [3.8, 4) is 0 Å². The Kier molecular flexibility index (Phi) is 3.36. The first-order valence-corrected chi connectivity index (χ1v) is 5.55. The van der Waals surface area contributed by atoms with E-state index in [9.17, 15) is 4.79 Å². The summed E-state index contributed by atoms with van der Waals surface area (Å²) in [4.78, 5) is 11.8. The molecule has 16 heavy (non-hydrogen) atoms. The van der Waals surface area contributed by atoms with E-state index < -0.39 is 0 Å². The van der Waals surface area contributed by atoms with Crippen LogP contribution < -0.4 is 10.6 Å². The average molecular weight is 241 g/mol. The molecule has 2 N–H and O–H groups in total. The lowest BCUT2D eigenvalue weighted by Gasteiger charge is -2.31. The van der Waals surface area contributed by atoms with Gasteiger partial charge in [-0.1, -0.05) is 18.5 Å². The number of aromatic nitrogens is 2. The van der Waals surface area contributed by atoms with Gasteiger partial charge >= 0.3 is 0 Å². The second-order valence-electron chi connectivity index (χ2n) is 3.94. The lowest BCUT2D eigenvalue weighted by molar-refractivity contribution is -0.121. The minimum atomic E-state index is -0.0249. The van der Waals surface area contributed by atoms with Gasteiger partial charge in [-0.2, -0.15) is 0 Å². The summed E-state index contributed by atoms with van der Waals surface area (Å²) in [6.45, 7) is 3.73. The largest absolute Gasteiger partial charge is 0.316 e. The Balaban J connectivity index is 1.93. The molecular formula is C10H13ClN4O. The van der Waals surface area contributed by atoms with Gasteiger partial charge in [0.25, 0.3) is 0 Å². The highest BCUT2D eigenvalue weighted by atomic mass is 35.5. The summed E-state index contributed by atoms with van der Waals surface area (Å²) in [6.07, 6.45) is 0. The number of hydrogen-bond donors (Lipinski definition) is 2. The summed E-state index contributed by atoms with van der Waals surface area (Å²) in [5.41, 5.74) is 0. The number of carbonyl (C=O) groups excluding carboxylic acids is 1. The van der Waals surface area contributed by atoms with Crippen molar-refractivity contribution in [2.24, 2.45) is 11.8 Å². The molecule has 5 nitrogen and oxygen atoms in total. The number of anilines is 1. The van der Waals surface area contributed by atoms with Gasteiger partial charge in [0.2, 0.25) is 5.91 Å². The van der Waals surface area contributed by atoms with E-state index in [2.05, 4.69) is 20.8 Å². The zero-order chi connectivity index (χ0) is 11.5. The van der Waals surface area contributed by atoms with Gasteiger partial charge in [-0.15, -0.1) is 10.2 Å². The third kappa shape index (κ3) is 2.48.